The van der Waals surface area contributed by atoms with E-state index in [4.69, 9.17) is 4.74 Å². The molecule has 1 atom stereocenters. The number of aliphatic hydroxyl groups is 1. The van der Waals surface area contributed by atoms with E-state index in [0.29, 0.717) is 12.3 Å². The van der Waals surface area contributed by atoms with Gasteiger partial charge in [0.25, 0.3) is 5.91 Å². The summed E-state index contributed by atoms with van der Waals surface area (Å²) in [5, 5.41) is 12.4. The van der Waals surface area contributed by atoms with Crippen LogP contribution in [0.2, 0.25) is 0 Å². The average Bonchev–Trinajstić information content (AvgIpc) is 2.75. The molecule has 0 saturated heterocycles. The van der Waals surface area contributed by atoms with Crippen molar-refractivity contribution in [3.63, 3.8) is 0 Å². The minimum atomic E-state index is -0.345. The van der Waals surface area contributed by atoms with Crippen LogP contribution in [0.3, 0.4) is 0 Å². The van der Waals surface area contributed by atoms with Crippen molar-refractivity contribution in [1.82, 2.24) is 5.32 Å². The summed E-state index contributed by atoms with van der Waals surface area (Å²) in [6, 6.07) is 5.60. The van der Waals surface area contributed by atoms with E-state index >= 15 is 0 Å². The highest BCUT2D eigenvalue weighted by Crippen LogP contribution is 2.33. The van der Waals surface area contributed by atoms with Gasteiger partial charge < -0.3 is 15.2 Å². The highest BCUT2D eigenvalue weighted by Gasteiger charge is 2.20. The van der Waals surface area contributed by atoms with E-state index in [-0.39, 0.29) is 18.6 Å². The van der Waals surface area contributed by atoms with Gasteiger partial charge >= 0.3 is 0 Å². The highest BCUT2D eigenvalue weighted by molar-refractivity contribution is 5.77. The molecular formula is C14H19NO3. The van der Waals surface area contributed by atoms with Gasteiger partial charge in [0.2, 0.25) is 0 Å². The molecule has 0 aromatic heterocycles. The lowest BCUT2D eigenvalue weighted by molar-refractivity contribution is -0.123. The normalized spacial score (nSPS) is 17.3. The van der Waals surface area contributed by atoms with E-state index in [0.717, 1.165) is 30.4 Å². The van der Waals surface area contributed by atoms with Gasteiger partial charge in [-0.15, -0.1) is 0 Å². The summed E-state index contributed by atoms with van der Waals surface area (Å²) in [4.78, 5) is 11.4. The molecule has 2 N–H and O–H groups in total. The Morgan fingerprint density at radius 1 is 1.56 bits per heavy atom. The number of carbonyl (C=O) groups excluding carboxylic acids is 1. The molecule has 1 aliphatic carbocycles. The van der Waals surface area contributed by atoms with E-state index in [9.17, 15) is 9.90 Å². The zero-order valence-corrected chi connectivity index (χ0v) is 10.6. The molecule has 2 rings (SSSR count). The Morgan fingerprint density at radius 3 is 3.17 bits per heavy atom. The van der Waals surface area contributed by atoms with Gasteiger partial charge in [0.15, 0.2) is 6.61 Å². The van der Waals surface area contributed by atoms with Crippen LogP contribution in [0.4, 0.5) is 0 Å². The number of hydrogen-bond donors (Lipinski definition) is 2. The summed E-state index contributed by atoms with van der Waals surface area (Å²) in [6.07, 6.45) is 2.22. The second kappa shape index (κ2) is 5.87. The third kappa shape index (κ3) is 3.01. The van der Waals surface area contributed by atoms with Gasteiger partial charge in [-0.1, -0.05) is 13.0 Å². The van der Waals surface area contributed by atoms with Gasteiger partial charge in [0.05, 0.1) is 6.10 Å². The van der Waals surface area contributed by atoms with Gasteiger partial charge in [0.1, 0.15) is 5.75 Å². The minimum Gasteiger partial charge on any atom is -0.484 e. The van der Waals surface area contributed by atoms with Crippen molar-refractivity contribution in [3.8, 4) is 5.75 Å². The molecule has 1 aromatic rings. The number of amides is 1. The van der Waals surface area contributed by atoms with E-state index in [1.165, 1.54) is 0 Å². The van der Waals surface area contributed by atoms with Gasteiger partial charge in [-0.25, -0.2) is 0 Å². The number of hydrogen-bond acceptors (Lipinski definition) is 3. The first kappa shape index (κ1) is 12.9. The smallest absolute Gasteiger partial charge is 0.257 e. The van der Waals surface area contributed by atoms with Crippen LogP contribution < -0.4 is 10.1 Å². The quantitative estimate of drug-likeness (QED) is 0.832. The lowest BCUT2D eigenvalue weighted by Gasteiger charge is -2.09. The van der Waals surface area contributed by atoms with Crippen LogP contribution in [0, 0.1) is 0 Å². The van der Waals surface area contributed by atoms with Crippen LogP contribution in [0.1, 0.15) is 37.0 Å². The predicted molar refractivity (Wildman–Crippen MR) is 68.5 cm³/mol. The van der Waals surface area contributed by atoms with Crippen molar-refractivity contribution in [3.05, 3.63) is 29.3 Å². The van der Waals surface area contributed by atoms with E-state index in [1.54, 1.807) is 6.07 Å². The number of carbonyl (C=O) groups is 1. The number of nitrogens with one attached hydrogen (secondary N) is 1. The lowest BCUT2D eigenvalue weighted by atomic mass is 10.1. The van der Waals surface area contributed by atoms with Gasteiger partial charge in [-0.05, 0) is 42.5 Å². The largest absolute Gasteiger partial charge is 0.484 e. The maximum atomic E-state index is 11.4. The summed E-state index contributed by atoms with van der Waals surface area (Å²) < 4.78 is 5.43. The van der Waals surface area contributed by atoms with Crippen molar-refractivity contribution in [2.24, 2.45) is 0 Å². The van der Waals surface area contributed by atoms with Gasteiger partial charge in [0, 0.05) is 6.54 Å². The predicted octanol–water partition coefficient (Wildman–Crippen LogP) is 1.57. The first-order valence-electron chi connectivity index (χ1n) is 6.41. The molecule has 0 heterocycles. The zero-order chi connectivity index (χ0) is 13.0. The number of ether oxygens (including phenoxy) is 1. The van der Waals surface area contributed by atoms with Gasteiger partial charge in [-0.2, -0.15) is 0 Å². The second-order valence-electron chi connectivity index (χ2n) is 4.55. The Balaban J connectivity index is 1.89. The molecule has 1 amide bonds. The molecule has 4 nitrogen and oxygen atoms in total. The van der Waals surface area contributed by atoms with Crippen molar-refractivity contribution in [1.29, 1.82) is 0 Å². The Labute approximate surface area is 107 Å². The molecule has 0 radical (unpaired) electrons. The zero-order valence-electron chi connectivity index (χ0n) is 10.6. The van der Waals surface area contributed by atoms with Crippen LogP contribution in [-0.2, 0) is 11.2 Å². The van der Waals surface area contributed by atoms with Crippen molar-refractivity contribution < 1.29 is 14.6 Å². The molecule has 1 aromatic carbocycles. The fraction of sp³-hybridized carbons (Fsp3) is 0.500. The maximum Gasteiger partial charge on any atom is 0.257 e. The number of benzene rings is 1. The second-order valence-corrected chi connectivity index (χ2v) is 4.55. The fourth-order valence-corrected chi connectivity index (χ4v) is 2.13. The minimum absolute atomic E-state index is 0.0430. The molecule has 1 aliphatic rings. The Bertz CT molecular complexity index is 431. The standard InChI is InChI=1S/C14H19NO3/c1-2-7-15-14(17)9-18-11-4-5-12-10(8-11)3-6-13(12)16/h4-5,8,13,16H,2-3,6-7,9H2,1H3,(H,15,17). The molecule has 4 heteroatoms. The molecule has 1 unspecified atom stereocenters. The Hall–Kier alpha value is -1.55. The fourth-order valence-electron chi connectivity index (χ4n) is 2.13. The van der Waals surface area contributed by atoms with Crippen LogP contribution in [0.15, 0.2) is 18.2 Å². The monoisotopic (exact) mass is 249 g/mol. The number of fused-ring (bicyclic) bond motifs is 1. The Kier molecular flexibility index (Phi) is 4.20. The van der Waals surface area contributed by atoms with Gasteiger partial charge in [-0.3, -0.25) is 4.79 Å². The Morgan fingerprint density at radius 2 is 2.39 bits per heavy atom. The van der Waals surface area contributed by atoms with E-state index in [2.05, 4.69) is 5.32 Å². The van der Waals surface area contributed by atoms with Crippen LogP contribution in [0.5, 0.6) is 5.75 Å². The van der Waals surface area contributed by atoms with Crippen molar-refractivity contribution >= 4 is 5.91 Å². The van der Waals surface area contributed by atoms with E-state index in [1.807, 2.05) is 19.1 Å². The number of rotatable bonds is 5. The van der Waals surface area contributed by atoms with Crippen molar-refractivity contribution in [2.45, 2.75) is 32.3 Å². The molecular weight excluding hydrogens is 230 g/mol. The summed E-state index contributed by atoms with van der Waals surface area (Å²) in [5.41, 5.74) is 2.10. The van der Waals surface area contributed by atoms with Crippen LogP contribution in [-0.4, -0.2) is 24.2 Å². The number of aryl methyl sites for hydroxylation is 1. The summed E-state index contributed by atoms with van der Waals surface area (Å²) in [5.74, 6) is 0.590. The van der Waals surface area contributed by atoms with Crippen molar-refractivity contribution in [2.75, 3.05) is 13.2 Å². The molecule has 0 aliphatic heterocycles. The topological polar surface area (TPSA) is 58.6 Å². The molecule has 0 saturated carbocycles. The highest BCUT2D eigenvalue weighted by atomic mass is 16.5. The third-order valence-corrected chi connectivity index (χ3v) is 3.10. The molecule has 98 valence electrons. The lowest BCUT2D eigenvalue weighted by Crippen LogP contribution is -2.29. The van der Waals surface area contributed by atoms with Crippen LogP contribution >= 0.6 is 0 Å². The number of aliphatic hydroxyl groups excluding tert-OH is 1. The maximum absolute atomic E-state index is 11.4. The summed E-state index contributed by atoms with van der Waals surface area (Å²) in [7, 11) is 0. The van der Waals surface area contributed by atoms with Crippen LogP contribution in [0.25, 0.3) is 0 Å². The first-order valence-corrected chi connectivity index (χ1v) is 6.41. The molecule has 0 fully saturated rings. The first-order chi connectivity index (χ1) is 8.70. The summed E-state index contributed by atoms with van der Waals surface area (Å²) >= 11 is 0. The SMILES string of the molecule is CCCNC(=O)COc1ccc2c(c1)CCC2O. The summed E-state index contributed by atoms with van der Waals surface area (Å²) in [6.45, 7) is 2.73. The molecule has 0 spiro atoms. The molecule has 18 heavy (non-hydrogen) atoms. The average molecular weight is 249 g/mol. The third-order valence-electron chi connectivity index (χ3n) is 3.10. The van der Waals surface area contributed by atoms with E-state index < -0.39 is 0 Å². The molecule has 0 bridgehead atoms.